The normalized spacial score (nSPS) is 13.5. The first-order valence-electron chi connectivity index (χ1n) is 11.3. The van der Waals surface area contributed by atoms with E-state index in [1.807, 2.05) is 53.8 Å². The summed E-state index contributed by atoms with van der Waals surface area (Å²) in [5.74, 6) is -2.26. The van der Waals surface area contributed by atoms with E-state index in [2.05, 4.69) is 5.32 Å². The van der Waals surface area contributed by atoms with Gasteiger partial charge in [0.15, 0.2) is 0 Å². The molecule has 0 saturated heterocycles. The third kappa shape index (κ3) is 7.21. The highest BCUT2D eigenvalue weighted by Gasteiger charge is 2.40. The Labute approximate surface area is 200 Å². The van der Waals surface area contributed by atoms with Crippen molar-refractivity contribution in [1.29, 1.82) is 0 Å². The monoisotopic (exact) mass is 492 g/mol. The smallest absolute Gasteiger partial charge is 0.408 e. The summed E-state index contributed by atoms with van der Waals surface area (Å²) in [5.41, 5.74) is 4.42. The van der Waals surface area contributed by atoms with Crippen LogP contribution in [0.3, 0.4) is 0 Å². The highest BCUT2D eigenvalue weighted by atomic mass is 19.4. The average Bonchev–Trinajstić information content (AvgIpc) is 3.13. The number of benzene rings is 2. The van der Waals surface area contributed by atoms with Crippen LogP contribution in [-0.2, 0) is 14.3 Å². The van der Waals surface area contributed by atoms with Crippen molar-refractivity contribution in [2.45, 2.75) is 50.2 Å². The Morgan fingerprint density at radius 1 is 0.943 bits per heavy atom. The van der Waals surface area contributed by atoms with E-state index < -0.39 is 43.0 Å². The molecule has 3 N–H and O–H groups in total. The summed E-state index contributed by atoms with van der Waals surface area (Å²) in [4.78, 5) is 34.5. The Morgan fingerprint density at radius 2 is 1.54 bits per heavy atom. The van der Waals surface area contributed by atoms with Crippen molar-refractivity contribution < 1.29 is 37.4 Å². The SMILES string of the molecule is O=C(O)CC[C@H](NC(=O)CCCCNC(=O)OCC1c2ccccc2-c2ccccc21)C(F)(F)F. The molecule has 0 fully saturated rings. The van der Waals surface area contributed by atoms with Gasteiger partial charge in [0.05, 0.1) is 0 Å². The largest absolute Gasteiger partial charge is 0.481 e. The maximum absolute atomic E-state index is 12.9. The van der Waals surface area contributed by atoms with E-state index in [0.717, 1.165) is 22.3 Å². The van der Waals surface area contributed by atoms with Gasteiger partial charge < -0.3 is 20.5 Å². The third-order valence-corrected chi connectivity index (χ3v) is 5.82. The maximum Gasteiger partial charge on any atom is 0.408 e. The molecule has 0 aromatic heterocycles. The van der Waals surface area contributed by atoms with Gasteiger partial charge in [-0.05, 0) is 41.5 Å². The molecule has 1 aliphatic carbocycles. The van der Waals surface area contributed by atoms with Crippen molar-refractivity contribution >= 4 is 18.0 Å². The van der Waals surface area contributed by atoms with Crippen molar-refractivity contribution in [3.8, 4) is 11.1 Å². The van der Waals surface area contributed by atoms with Crippen LogP contribution in [0.5, 0.6) is 0 Å². The second-order valence-electron chi connectivity index (χ2n) is 8.30. The van der Waals surface area contributed by atoms with Gasteiger partial charge in [0.2, 0.25) is 5.91 Å². The fourth-order valence-electron chi connectivity index (χ4n) is 4.10. The number of hydrogen-bond donors (Lipinski definition) is 3. The lowest BCUT2D eigenvalue weighted by molar-refractivity contribution is -0.164. The summed E-state index contributed by atoms with van der Waals surface area (Å²) in [6, 6.07) is 13.7. The zero-order valence-electron chi connectivity index (χ0n) is 18.9. The highest BCUT2D eigenvalue weighted by molar-refractivity contribution is 5.79. The van der Waals surface area contributed by atoms with Gasteiger partial charge in [-0.3, -0.25) is 9.59 Å². The van der Waals surface area contributed by atoms with Crippen LogP contribution < -0.4 is 10.6 Å². The Balaban J connectivity index is 1.37. The zero-order chi connectivity index (χ0) is 25.4. The molecule has 35 heavy (non-hydrogen) atoms. The van der Waals surface area contributed by atoms with E-state index >= 15 is 0 Å². The molecule has 0 radical (unpaired) electrons. The van der Waals surface area contributed by atoms with Gasteiger partial charge >= 0.3 is 18.2 Å². The standard InChI is InChI=1S/C25H27F3N2O5/c26-25(27,28)21(12-13-23(32)33)30-22(31)11-5-6-14-29-24(34)35-15-20-18-9-3-1-7-16(18)17-8-2-4-10-19(17)20/h1-4,7-10,20-21H,5-6,11-15H2,(H,29,34)(H,30,31)(H,32,33)/t21-/m0/s1. The zero-order valence-corrected chi connectivity index (χ0v) is 18.9. The summed E-state index contributed by atoms with van der Waals surface area (Å²) in [5, 5.41) is 13.0. The van der Waals surface area contributed by atoms with Crippen molar-refractivity contribution in [2.75, 3.05) is 13.2 Å². The van der Waals surface area contributed by atoms with Crippen molar-refractivity contribution in [2.24, 2.45) is 0 Å². The van der Waals surface area contributed by atoms with Crippen molar-refractivity contribution in [3.05, 3.63) is 59.7 Å². The number of carbonyl (C=O) groups excluding carboxylic acids is 2. The molecule has 0 heterocycles. The predicted molar refractivity (Wildman–Crippen MR) is 122 cm³/mol. The quantitative estimate of drug-likeness (QED) is 0.398. The number of carboxylic acids is 1. The Kier molecular flexibility index (Phi) is 8.73. The van der Waals surface area contributed by atoms with Crippen LogP contribution in [0.2, 0.25) is 0 Å². The summed E-state index contributed by atoms with van der Waals surface area (Å²) in [6.07, 6.45) is -6.32. The minimum Gasteiger partial charge on any atom is -0.481 e. The summed E-state index contributed by atoms with van der Waals surface area (Å²) < 4.78 is 44.2. The second kappa shape index (κ2) is 11.7. The number of alkyl carbamates (subject to hydrolysis) is 1. The maximum atomic E-state index is 12.9. The Hall–Kier alpha value is -3.56. The van der Waals surface area contributed by atoms with Crippen LogP contribution in [0.1, 0.15) is 49.1 Å². The number of nitrogens with one attached hydrogen (secondary N) is 2. The Bertz CT molecular complexity index is 1010. The molecule has 2 amide bonds. The summed E-state index contributed by atoms with van der Waals surface area (Å²) >= 11 is 0. The van der Waals surface area contributed by atoms with Gasteiger partial charge in [-0.2, -0.15) is 13.2 Å². The number of unbranched alkanes of at least 4 members (excludes halogenated alkanes) is 1. The van der Waals surface area contributed by atoms with E-state index in [-0.39, 0.29) is 31.9 Å². The number of rotatable bonds is 11. The van der Waals surface area contributed by atoms with E-state index in [9.17, 15) is 27.6 Å². The molecule has 1 aliphatic rings. The fraction of sp³-hybridized carbons (Fsp3) is 0.400. The topological polar surface area (TPSA) is 105 Å². The van der Waals surface area contributed by atoms with E-state index in [0.29, 0.717) is 6.42 Å². The molecular weight excluding hydrogens is 465 g/mol. The fourth-order valence-corrected chi connectivity index (χ4v) is 4.10. The molecule has 0 unspecified atom stereocenters. The van der Waals surface area contributed by atoms with E-state index in [1.54, 1.807) is 0 Å². The van der Waals surface area contributed by atoms with Gasteiger partial charge in [-0.15, -0.1) is 0 Å². The summed E-state index contributed by atoms with van der Waals surface area (Å²) in [6.45, 7) is 0.364. The molecule has 0 spiro atoms. The number of alkyl halides is 3. The van der Waals surface area contributed by atoms with Crippen LogP contribution in [0.25, 0.3) is 11.1 Å². The lowest BCUT2D eigenvalue weighted by Crippen LogP contribution is -2.45. The van der Waals surface area contributed by atoms with Crippen molar-refractivity contribution in [1.82, 2.24) is 10.6 Å². The number of carbonyl (C=O) groups is 3. The molecule has 2 aromatic carbocycles. The van der Waals surface area contributed by atoms with Crippen LogP contribution in [-0.4, -0.2) is 48.4 Å². The molecule has 0 bridgehead atoms. The molecule has 0 aliphatic heterocycles. The molecule has 188 valence electrons. The second-order valence-corrected chi connectivity index (χ2v) is 8.30. The van der Waals surface area contributed by atoms with Crippen molar-refractivity contribution in [3.63, 3.8) is 0 Å². The van der Waals surface area contributed by atoms with Crippen LogP contribution in [0.15, 0.2) is 48.5 Å². The van der Waals surface area contributed by atoms with Crippen LogP contribution in [0.4, 0.5) is 18.0 Å². The molecular formula is C25H27F3N2O5. The number of halogens is 3. The number of aliphatic carboxylic acids is 1. The number of carboxylic acid groups (broad SMARTS) is 1. The number of ether oxygens (including phenoxy) is 1. The molecule has 7 nitrogen and oxygen atoms in total. The first kappa shape index (κ1) is 26.1. The number of fused-ring (bicyclic) bond motifs is 3. The van der Waals surface area contributed by atoms with Crippen LogP contribution in [0, 0.1) is 0 Å². The molecule has 3 rings (SSSR count). The predicted octanol–water partition coefficient (Wildman–Crippen LogP) is 4.61. The van der Waals surface area contributed by atoms with E-state index in [4.69, 9.17) is 9.84 Å². The molecule has 10 heteroatoms. The van der Waals surface area contributed by atoms with E-state index in [1.165, 1.54) is 0 Å². The number of hydrogen-bond acceptors (Lipinski definition) is 4. The van der Waals surface area contributed by atoms with Gasteiger partial charge in [-0.25, -0.2) is 4.79 Å². The minimum atomic E-state index is -4.73. The first-order chi connectivity index (χ1) is 16.7. The van der Waals surface area contributed by atoms with Crippen LogP contribution >= 0.6 is 0 Å². The minimum absolute atomic E-state index is 0.0699. The number of amides is 2. The van der Waals surface area contributed by atoms with Gasteiger partial charge in [-0.1, -0.05) is 48.5 Å². The molecule has 2 aromatic rings. The van der Waals surface area contributed by atoms with Gasteiger partial charge in [0, 0.05) is 25.3 Å². The summed E-state index contributed by atoms with van der Waals surface area (Å²) in [7, 11) is 0. The molecule has 0 saturated carbocycles. The Morgan fingerprint density at radius 3 is 2.11 bits per heavy atom. The first-order valence-corrected chi connectivity index (χ1v) is 11.3. The lowest BCUT2D eigenvalue weighted by atomic mass is 9.98. The lowest BCUT2D eigenvalue weighted by Gasteiger charge is -2.21. The average molecular weight is 492 g/mol. The third-order valence-electron chi connectivity index (χ3n) is 5.82. The van der Waals surface area contributed by atoms with Gasteiger partial charge in [0.25, 0.3) is 0 Å². The molecule has 1 atom stereocenters. The highest BCUT2D eigenvalue weighted by Crippen LogP contribution is 2.44. The van der Waals surface area contributed by atoms with Gasteiger partial charge in [0.1, 0.15) is 12.6 Å².